The summed E-state index contributed by atoms with van der Waals surface area (Å²) in [5.74, 6) is -0.288. The van der Waals surface area contributed by atoms with Gasteiger partial charge in [0.1, 0.15) is 5.01 Å². The van der Waals surface area contributed by atoms with E-state index in [9.17, 15) is 13.2 Å². The molecule has 1 aliphatic rings. The van der Waals surface area contributed by atoms with E-state index >= 15 is 0 Å². The monoisotopic (exact) mass is 505 g/mol. The number of nitrogens with one attached hydrogen (secondary N) is 1. The summed E-state index contributed by atoms with van der Waals surface area (Å²) in [5, 5.41) is 3.82. The van der Waals surface area contributed by atoms with Crippen molar-refractivity contribution in [3.05, 3.63) is 77.9 Å². The summed E-state index contributed by atoms with van der Waals surface area (Å²) in [6, 6.07) is 20.0. The maximum Gasteiger partial charge on any atom is 0.255 e. The second kappa shape index (κ2) is 9.53. The van der Waals surface area contributed by atoms with Crippen molar-refractivity contribution in [1.29, 1.82) is 0 Å². The molecular formula is C27H27N3O3S2. The van der Waals surface area contributed by atoms with Crippen LogP contribution in [0.3, 0.4) is 0 Å². The van der Waals surface area contributed by atoms with Crippen molar-refractivity contribution in [2.45, 2.75) is 44.0 Å². The third kappa shape index (κ3) is 4.87. The van der Waals surface area contributed by atoms with E-state index in [0.717, 1.165) is 40.1 Å². The van der Waals surface area contributed by atoms with Crippen molar-refractivity contribution in [2.75, 3.05) is 11.9 Å². The Labute approximate surface area is 209 Å². The lowest BCUT2D eigenvalue weighted by Crippen LogP contribution is -2.41. The molecule has 1 aromatic heterocycles. The molecule has 8 heteroatoms. The van der Waals surface area contributed by atoms with E-state index in [-0.39, 0.29) is 16.8 Å². The van der Waals surface area contributed by atoms with Gasteiger partial charge in [0.25, 0.3) is 5.91 Å². The smallest absolute Gasteiger partial charge is 0.255 e. The first kappa shape index (κ1) is 23.7. The van der Waals surface area contributed by atoms with Gasteiger partial charge in [0.05, 0.1) is 15.1 Å². The lowest BCUT2D eigenvalue weighted by molar-refractivity contribution is 0.102. The topological polar surface area (TPSA) is 79.4 Å². The van der Waals surface area contributed by atoms with Crippen LogP contribution in [0.25, 0.3) is 20.8 Å². The molecular weight excluding hydrogens is 478 g/mol. The van der Waals surface area contributed by atoms with Crippen LogP contribution in [0.4, 0.5) is 5.69 Å². The number of carbonyl (C=O) groups is 1. The standard InChI is InChI=1S/C27H27N3O3S2/c1-18-6-15-24-25(17-18)34-27(29-24)21-7-11-22(12-8-21)28-26(31)20-9-13-23(14-10-20)35(32,33)30-16-4-3-5-19(30)2/h6-15,17,19H,3-5,16H2,1-2H3,(H,28,31). The predicted molar refractivity (Wildman–Crippen MR) is 141 cm³/mol. The number of amides is 1. The molecule has 1 saturated heterocycles. The Balaban J connectivity index is 1.28. The van der Waals surface area contributed by atoms with Crippen molar-refractivity contribution in [3.8, 4) is 10.6 Å². The maximum absolute atomic E-state index is 13.0. The highest BCUT2D eigenvalue weighted by molar-refractivity contribution is 7.89. The van der Waals surface area contributed by atoms with Gasteiger partial charge in [0.15, 0.2) is 0 Å². The molecule has 0 saturated carbocycles. The van der Waals surface area contributed by atoms with E-state index in [1.807, 2.05) is 37.3 Å². The number of aryl methyl sites for hydroxylation is 1. The molecule has 180 valence electrons. The zero-order valence-corrected chi connectivity index (χ0v) is 21.3. The summed E-state index contributed by atoms with van der Waals surface area (Å²) < 4.78 is 28.7. The van der Waals surface area contributed by atoms with Gasteiger partial charge >= 0.3 is 0 Å². The Morgan fingerprint density at radius 1 is 1.03 bits per heavy atom. The lowest BCUT2D eigenvalue weighted by Gasteiger charge is -2.32. The summed E-state index contributed by atoms with van der Waals surface area (Å²) in [6.45, 7) is 4.55. The molecule has 0 spiro atoms. The molecule has 1 unspecified atom stereocenters. The Hall–Kier alpha value is -3.07. The molecule has 4 aromatic rings. The number of sulfonamides is 1. The van der Waals surface area contributed by atoms with Crippen molar-refractivity contribution < 1.29 is 13.2 Å². The minimum absolute atomic E-state index is 0.00780. The van der Waals surface area contributed by atoms with Gasteiger partial charge in [-0.25, -0.2) is 13.4 Å². The second-order valence-corrected chi connectivity index (χ2v) is 11.9. The van der Waals surface area contributed by atoms with Crippen molar-refractivity contribution in [1.82, 2.24) is 9.29 Å². The molecule has 0 aliphatic carbocycles. The van der Waals surface area contributed by atoms with Crippen LogP contribution in [-0.2, 0) is 10.0 Å². The van der Waals surface area contributed by atoms with E-state index in [0.29, 0.717) is 17.8 Å². The number of fused-ring (bicyclic) bond motifs is 1. The van der Waals surface area contributed by atoms with E-state index in [1.54, 1.807) is 27.8 Å². The molecule has 0 bridgehead atoms. The predicted octanol–water partition coefficient (Wildman–Crippen LogP) is 6.09. The fourth-order valence-electron chi connectivity index (χ4n) is 4.40. The average molecular weight is 506 g/mol. The zero-order chi connectivity index (χ0) is 24.6. The molecule has 1 amide bonds. The Morgan fingerprint density at radius 2 is 1.77 bits per heavy atom. The van der Waals surface area contributed by atoms with Crippen molar-refractivity contribution in [2.24, 2.45) is 0 Å². The number of aromatic nitrogens is 1. The molecule has 2 heterocycles. The molecule has 1 atom stereocenters. The van der Waals surface area contributed by atoms with Gasteiger partial charge in [-0.05, 0) is 92.9 Å². The normalized spacial score (nSPS) is 16.9. The van der Waals surface area contributed by atoms with E-state index in [4.69, 9.17) is 4.98 Å². The van der Waals surface area contributed by atoms with E-state index in [2.05, 4.69) is 24.4 Å². The van der Waals surface area contributed by atoms with Crippen LogP contribution in [0.5, 0.6) is 0 Å². The van der Waals surface area contributed by atoms with Gasteiger partial charge in [-0.15, -0.1) is 11.3 Å². The van der Waals surface area contributed by atoms with Crippen LogP contribution in [0.1, 0.15) is 42.1 Å². The fourth-order valence-corrected chi connectivity index (χ4v) is 7.17. The number of rotatable bonds is 5. The Kier molecular flexibility index (Phi) is 6.44. The molecule has 1 fully saturated rings. The van der Waals surface area contributed by atoms with Crippen molar-refractivity contribution in [3.63, 3.8) is 0 Å². The third-order valence-electron chi connectivity index (χ3n) is 6.40. The summed E-state index contributed by atoms with van der Waals surface area (Å²) in [6.07, 6.45) is 2.80. The quantitative estimate of drug-likeness (QED) is 0.356. The molecule has 1 N–H and O–H groups in total. The molecule has 35 heavy (non-hydrogen) atoms. The number of anilines is 1. The minimum Gasteiger partial charge on any atom is -0.322 e. The van der Waals surface area contributed by atoms with Crippen LogP contribution in [0.2, 0.25) is 0 Å². The number of hydrogen-bond donors (Lipinski definition) is 1. The summed E-state index contributed by atoms with van der Waals surface area (Å²) in [5.41, 5.74) is 4.24. The first-order chi connectivity index (χ1) is 16.8. The molecule has 3 aromatic carbocycles. The van der Waals surface area contributed by atoms with Crippen LogP contribution < -0.4 is 5.32 Å². The van der Waals surface area contributed by atoms with Crippen LogP contribution >= 0.6 is 11.3 Å². The lowest BCUT2D eigenvalue weighted by atomic mass is 10.1. The number of piperidine rings is 1. The summed E-state index contributed by atoms with van der Waals surface area (Å²) in [7, 11) is -3.56. The van der Waals surface area contributed by atoms with Gasteiger partial charge in [-0.1, -0.05) is 12.5 Å². The average Bonchev–Trinajstić information content (AvgIpc) is 3.28. The third-order valence-corrected chi connectivity index (χ3v) is 9.49. The Bertz CT molecular complexity index is 1480. The summed E-state index contributed by atoms with van der Waals surface area (Å²) >= 11 is 1.64. The van der Waals surface area contributed by atoms with Gasteiger partial charge in [-0.2, -0.15) is 4.31 Å². The van der Waals surface area contributed by atoms with Gasteiger partial charge in [0.2, 0.25) is 10.0 Å². The first-order valence-electron chi connectivity index (χ1n) is 11.7. The number of carbonyl (C=O) groups excluding carboxylic acids is 1. The SMILES string of the molecule is Cc1ccc2nc(-c3ccc(NC(=O)c4ccc(S(=O)(=O)N5CCCCC5C)cc4)cc3)sc2c1. The van der Waals surface area contributed by atoms with Crippen LogP contribution in [0.15, 0.2) is 71.6 Å². The van der Waals surface area contributed by atoms with Crippen molar-refractivity contribution >= 4 is 43.2 Å². The second-order valence-electron chi connectivity index (χ2n) is 9.01. The Morgan fingerprint density at radius 3 is 2.49 bits per heavy atom. The minimum atomic E-state index is -3.56. The molecule has 0 radical (unpaired) electrons. The highest BCUT2D eigenvalue weighted by Crippen LogP contribution is 2.31. The fraction of sp³-hybridized carbons (Fsp3) is 0.259. The number of hydrogen-bond acceptors (Lipinski definition) is 5. The highest BCUT2D eigenvalue weighted by Gasteiger charge is 2.30. The largest absolute Gasteiger partial charge is 0.322 e. The maximum atomic E-state index is 13.0. The van der Waals surface area contributed by atoms with Crippen LogP contribution in [-0.4, -0.2) is 36.2 Å². The first-order valence-corrected chi connectivity index (χ1v) is 14.0. The number of thiazole rings is 1. The molecule has 6 nitrogen and oxygen atoms in total. The van der Waals surface area contributed by atoms with E-state index in [1.165, 1.54) is 17.7 Å². The zero-order valence-electron chi connectivity index (χ0n) is 19.7. The van der Waals surface area contributed by atoms with E-state index < -0.39 is 10.0 Å². The molecule has 5 rings (SSSR count). The number of benzene rings is 3. The highest BCUT2D eigenvalue weighted by atomic mass is 32.2. The summed E-state index contributed by atoms with van der Waals surface area (Å²) in [4.78, 5) is 17.7. The van der Waals surface area contributed by atoms with Gasteiger partial charge in [0, 0.05) is 29.4 Å². The van der Waals surface area contributed by atoms with Gasteiger partial charge in [-0.3, -0.25) is 4.79 Å². The molecule has 1 aliphatic heterocycles. The van der Waals surface area contributed by atoms with Gasteiger partial charge < -0.3 is 5.32 Å². The number of nitrogens with zero attached hydrogens (tertiary/aromatic N) is 2. The van der Waals surface area contributed by atoms with Crippen LogP contribution in [0, 0.1) is 6.92 Å².